The number of fused-ring (bicyclic) bond motifs is 2. The van der Waals surface area contributed by atoms with Crippen molar-refractivity contribution in [2.24, 2.45) is 0 Å². The average Bonchev–Trinajstić information content (AvgIpc) is 3.03. The van der Waals surface area contributed by atoms with Gasteiger partial charge in [-0.2, -0.15) is 11.8 Å². The van der Waals surface area contributed by atoms with Crippen molar-refractivity contribution in [3.05, 3.63) is 53.8 Å². The molecule has 1 N–H and O–H groups in total. The van der Waals surface area contributed by atoms with Gasteiger partial charge in [0.25, 0.3) is 5.91 Å². The summed E-state index contributed by atoms with van der Waals surface area (Å²) in [6, 6.07) is 11.1. The van der Waals surface area contributed by atoms with Crippen molar-refractivity contribution in [3.63, 3.8) is 0 Å². The van der Waals surface area contributed by atoms with Crippen LogP contribution in [0.3, 0.4) is 0 Å². The fourth-order valence-corrected chi connectivity index (χ4v) is 4.75. The third-order valence-corrected chi connectivity index (χ3v) is 6.07. The maximum Gasteiger partial charge on any atom is 0.256 e. The summed E-state index contributed by atoms with van der Waals surface area (Å²) in [5.74, 6) is 0.307. The lowest BCUT2D eigenvalue weighted by Crippen LogP contribution is -2.40. The number of carbonyl (C=O) groups is 2. The molecule has 4 nitrogen and oxygen atoms in total. The highest BCUT2D eigenvalue weighted by Gasteiger charge is 2.42. The topological polar surface area (TPSA) is 49.4 Å². The SMILES string of the molecule is CCS[C@@H]1C[C@@H]2C(=O)Nc3ccc(-c4ccccc4F)cc3C(=O)N2C1. The molecule has 2 aliphatic heterocycles. The van der Waals surface area contributed by atoms with Crippen LogP contribution >= 0.6 is 11.8 Å². The number of hydrogen-bond acceptors (Lipinski definition) is 3. The first-order valence-electron chi connectivity index (χ1n) is 8.71. The smallest absolute Gasteiger partial charge is 0.256 e. The quantitative estimate of drug-likeness (QED) is 0.895. The summed E-state index contributed by atoms with van der Waals surface area (Å²) in [6.07, 6.45) is 0.671. The van der Waals surface area contributed by atoms with Crippen LogP contribution in [-0.4, -0.2) is 40.3 Å². The molecule has 0 spiro atoms. The Morgan fingerprint density at radius 3 is 2.77 bits per heavy atom. The lowest BCUT2D eigenvalue weighted by Gasteiger charge is -2.20. The zero-order chi connectivity index (χ0) is 18.3. The first-order chi connectivity index (χ1) is 12.6. The minimum absolute atomic E-state index is 0.144. The van der Waals surface area contributed by atoms with Crippen LogP contribution in [0, 0.1) is 5.82 Å². The zero-order valence-corrected chi connectivity index (χ0v) is 15.2. The van der Waals surface area contributed by atoms with E-state index in [1.54, 1.807) is 53.1 Å². The van der Waals surface area contributed by atoms with E-state index in [-0.39, 0.29) is 22.9 Å². The predicted molar refractivity (Wildman–Crippen MR) is 102 cm³/mol. The summed E-state index contributed by atoms with van der Waals surface area (Å²) in [6.45, 7) is 2.64. The first-order valence-corrected chi connectivity index (χ1v) is 9.75. The molecule has 2 amide bonds. The molecule has 4 rings (SSSR count). The van der Waals surface area contributed by atoms with Gasteiger partial charge in [-0.3, -0.25) is 9.59 Å². The standard InChI is InChI=1S/C20H19FN2O2S/c1-2-26-13-10-18-19(24)22-17-8-7-12(14-5-3-4-6-16(14)21)9-15(17)20(25)23(18)11-13/h3-9,13,18H,2,10-11H2,1H3,(H,22,24)/t13-,18-/m1/s1. The molecule has 0 aromatic heterocycles. The fourth-order valence-electron chi connectivity index (χ4n) is 3.69. The van der Waals surface area contributed by atoms with Crippen molar-refractivity contribution in [2.45, 2.75) is 24.6 Å². The van der Waals surface area contributed by atoms with Crippen molar-refractivity contribution in [3.8, 4) is 11.1 Å². The normalized spacial score (nSPS) is 21.8. The number of amides is 2. The number of anilines is 1. The van der Waals surface area contributed by atoms with E-state index in [0.29, 0.717) is 35.3 Å². The van der Waals surface area contributed by atoms with Gasteiger partial charge in [-0.05, 0) is 35.9 Å². The summed E-state index contributed by atoms with van der Waals surface area (Å²) in [5.41, 5.74) is 1.98. The van der Waals surface area contributed by atoms with E-state index in [2.05, 4.69) is 12.2 Å². The van der Waals surface area contributed by atoms with Gasteiger partial charge in [0, 0.05) is 17.4 Å². The molecule has 2 aromatic rings. The van der Waals surface area contributed by atoms with Crippen molar-refractivity contribution >= 4 is 29.3 Å². The van der Waals surface area contributed by atoms with Gasteiger partial charge in [0.1, 0.15) is 11.9 Å². The Hall–Kier alpha value is -2.34. The molecule has 134 valence electrons. The third-order valence-electron chi connectivity index (χ3n) is 4.92. The minimum atomic E-state index is -0.434. The summed E-state index contributed by atoms with van der Waals surface area (Å²) >= 11 is 1.78. The Bertz CT molecular complexity index is 886. The predicted octanol–water partition coefficient (Wildman–Crippen LogP) is 3.78. The Kier molecular flexibility index (Phi) is 4.44. The van der Waals surface area contributed by atoms with Gasteiger partial charge in [-0.1, -0.05) is 31.2 Å². The second kappa shape index (κ2) is 6.76. The number of rotatable bonds is 3. The van der Waals surface area contributed by atoms with Gasteiger partial charge in [0.15, 0.2) is 0 Å². The second-order valence-corrected chi connectivity index (χ2v) is 8.09. The summed E-state index contributed by atoms with van der Waals surface area (Å²) in [5, 5.41) is 3.15. The number of carbonyl (C=O) groups excluding carboxylic acids is 2. The van der Waals surface area contributed by atoms with Gasteiger partial charge in [0.05, 0.1) is 11.3 Å². The maximum atomic E-state index is 14.1. The van der Waals surface area contributed by atoms with Crippen LogP contribution < -0.4 is 5.32 Å². The van der Waals surface area contributed by atoms with E-state index in [9.17, 15) is 14.0 Å². The number of nitrogens with zero attached hydrogens (tertiary/aromatic N) is 1. The number of thioether (sulfide) groups is 1. The fraction of sp³-hybridized carbons (Fsp3) is 0.300. The Labute approximate surface area is 155 Å². The lowest BCUT2D eigenvalue weighted by atomic mass is 10.0. The number of hydrogen-bond donors (Lipinski definition) is 1. The monoisotopic (exact) mass is 370 g/mol. The van der Waals surface area contributed by atoms with Gasteiger partial charge in [0.2, 0.25) is 5.91 Å². The Morgan fingerprint density at radius 2 is 2.00 bits per heavy atom. The molecule has 2 aliphatic rings. The maximum absolute atomic E-state index is 14.1. The highest BCUT2D eigenvalue weighted by molar-refractivity contribution is 7.99. The first kappa shape index (κ1) is 17.1. The lowest BCUT2D eigenvalue weighted by molar-refractivity contribution is -0.119. The van der Waals surface area contributed by atoms with Gasteiger partial charge < -0.3 is 10.2 Å². The van der Waals surface area contributed by atoms with Crippen molar-refractivity contribution in [1.29, 1.82) is 0 Å². The van der Waals surface area contributed by atoms with Gasteiger partial charge >= 0.3 is 0 Å². The minimum Gasteiger partial charge on any atom is -0.325 e. The van der Waals surface area contributed by atoms with Crippen LogP contribution in [0.25, 0.3) is 11.1 Å². The molecule has 6 heteroatoms. The molecule has 0 radical (unpaired) electrons. The number of halogens is 1. The molecule has 0 unspecified atom stereocenters. The zero-order valence-electron chi connectivity index (χ0n) is 14.4. The van der Waals surface area contributed by atoms with Gasteiger partial charge in [-0.25, -0.2) is 4.39 Å². The third kappa shape index (κ3) is 2.88. The summed E-state index contributed by atoms with van der Waals surface area (Å²) in [7, 11) is 0. The highest BCUT2D eigenvalue weighted by atomic mass is 32.2. The molecular weight excluding hydrogens is 351 g/mol. The molecule has 2 aromatic carbocycles. The van der Waals surface area contributed by atoms with Crippen LogP contribution in [0.4, 0.5) is 10.1 Å². The number of benzene rings is 2. The van der Waals surface area contributed by atoms with E-state index >= 15 is 0 Å². The van der Waals surface area contributed by atoms with E-state index in [0.717, 1.165) is 5.75 Å². The van der Waals surface area contributed by atoms with E-state index < -0.39 is 6.04 Å². The van der Waals surface area contributed by atoms with Crippen molar-refractivity contribution in [2.75, 3.05) is 17.6 Å². The Balaban J connectivity index is 1.74. The van der Waals surface area contributed by atoms with Crippen LogP contribution in [0.5, 0.6) is 0 Å². The second-order valence-electron chi connectivity index (χ2n) is 6.52. The summed E-state index contributed by atoms with van der Waals surface area (Å²) < 4.78 is 14.1. The molecule has 2 heterocycles. The van der Waals surface area contributed by atoms with E-state index in [4.69, 9.17) is 0 Å². The van der Waals surface area contributed by atoms with E-state index in [1.807, 2.05) is 0 Å². The molecule has 1 fully saturated rings. The van der Waals surface area contributed by atoms with Crippen molar-refractivity contribution < 1.29 is 14.0 Å². The molecule has 0 aliphatic carbocycles. The molecule has 0 saturated carbocycles. The van der Waals surface area contributed by atoms with Gasteiger partial charge in [-0.15, -0.1) is 0 Å². The number of nitrogens with one attached hydrogen (secondary N) is 1. The van der Waals surface area contributed by atoms with Crippen molar-refractivity contribution in [1.82, 2.24) is 4.90 Å². The molecule has 26 heavy (non-hydrogen) atoms. The molecule has 0 bridgehead atoms. The van der Waals surface area contributed by atoms with Crippen LogP contribution in [0.2, 0.25) is 0 Å². The Morgan fingerprint density at radius 1 is 1.19 bits per heavy atom. The van der Waals surface area contributed by atoms with Crippen LogP contribution in [-0.2, 0) is 4.79 Å². The van der Waals surface area contributed by atoms with Crippen LogP contribution in [0.15, 0.2) is 42.5 Å². The van der Waals surface area contributed by atoms with Crippen LogP contribution in [0.1, 0.15) is 23.7 Å². The molecule has 2 atom stereocenters. The summed E-state index contributed by atoms with van der Waals surface area (Å²) in [4.78, 5) is 27.4. The highest BCUT2D eigenvalue weighted by Crippen LogP contribution is 2.35. The largest absolute Gasteiger partial charge is 0.325 e. The van der Waals surface area contributed by atoms with E-state index in [1.165, 1.54) is 6.07 Å². The molecular formula is C20H19FN2O2S. The molecule has 1 saturated heterocycles. The average molecular weight is 370 g/mol.